The summed E-state index contributed by atoms with van der Waals surface area (Å²) in [5.74, 6) is 0.562. The standard InChI is InChI=1S/C30H22N4O5S/c1-18-23(13-27-29(36)34(30(37)40-27)15-20-7-3-2-6-19(20)14-31)22-8-4-5-9-24(22)33(18)16-28(35)32-21-10-11-25-26(12-21)39-17-38-25/h2-13H,15-17H2,1H3,(H,32,35)/b27-13-. The molecule has 1 N–H and O–H groups in total. The fourth-order valence-corrected chi connectivity index (χ4v) is 5.69. The van der Waals surface area contributed by atoms with E-state index in [1.54, 1.807) is 48.5 Å². The van der Waals surface area contributed by atoms with Gasteiger partial charge in [0.25, 0.3) is 11.1 Å². The molecule has 1 fully saturated rings. The van der Waals surface area contributed by atoms with Crippen molar-refractivity contribution in [1.29, 1.82) is 5.26 Å². The van der Waals surface area contributed by atoms with Crippen LogP contribution in [0.3, 0.4) is 0 Å². The van der Waals surface area contributed by atoms with E-state index in [0.29, 0.717) is 28.3 Å². The Bertz CT molecular complexity index is 1780. The number of anilines is 1. The maximum absolute atomic E-state index is 13.3. The van der Waals surface area contributed by atoms with E-state index in [-0.39, 0.29) is 30.7 Å². The summed E-state index contributed by atoms with van der Waals surface area (Å²) in [4.78, 5) is 40.6. The lowest BCUT2D eigenvalue weighted by Crippen LogP contribution is -2.27. The molecule has 198 valence electrons. The van der Waals surface area contributed by atoms with Crippen LogP contribution in [0.4, 0.5) is 10.5 Å². The average Bonchev–Trinajstić information content (AvgIpc) is 3.61. The molecule has 1 saturated heterocycles. The van der Waals surface area contributed by atoms with Crippen LogP contribution in [0.25, 0.3) is 17.0 Å². The highest BCUT2D eigenvalue weighted by atomic mass is 32.2. The number of hydrogen-bond acceptors (Lipinski definition) is 7. The molecule has 2 aliphatic heterocycles. The fraction of sp³-hybridized carbons (Fsp3) is 0.133. The predicted octanol–water partition coefficient (Wildman–Crippen LogP) is 5.43. The molecule has 2 aliphatic rings. The monoisotopic (exact) mass is 550 g/mol. The molecule has 0 radical (unpaired) electrons. The number of thioether (sulfide) groups is 1. The third-order valence-corrected chi connectivity index (χ3v) is 7.76. The second-order valence-corrected chi connectivity index (χ2v) is 10.2. The number of ether oxygens (including phenoxy) is 2. The number of rotatable bonds is 6. The first-order valence-electron chi connectivity index (χ1n) is 12.4. The number of para-hydroxylation sites is 1. The number of imide groups is 1. The van der Waals surface area contributed by atoms with Gasteiger partial charge in [-0.15, -0.1) is 0 Å². The Balaban J connectivity index is 1.27. The topological polar surface area (TPSA) is 114 Å². The van der Waals surface area contributed by atoms with E-state index in [0.717, 1.165) is 38.8 Å². The first kappa shape index (κ1) is 25.3. The van der Waals surface area contributed by atoms with Gasteiger partial charge < -0.3 is 19.4 Å². The van der Waals surface area contributed by atoms with Gasteiger partial charge >= 0.3 is 0 Å². The van der Waals surface area contributed by atoms with Crippen molar-refractivity contribution >= 4 is 51.5 Å². The zero-order chi connectivity index (χ0) is 27.8. The second-order valence-electron chi connectivity index (χ2n) is 9.26. The van der Waals surface area contributed by atoms with Gasteiger partial charge in [-0.1, -0.05) is 36.4 Å². The SMILES string of the molecule is Cc1c(/C=C2\SC(=O)N(Cc3ccccc3C#N)C2=O)c2ccccc2n1CC(=O)Nc1ccc2c(c1)OCO2. The maximum Gasteiger partial charge on any atom is 0.293 e. The molecule has 0 atom stereocenters. The Kier molecular flexibility index (Phi) is 6.50. The molecule has 3 aromatic carbocycles. The van der Waals surface area contributed by atoms with Crippen molar-refractivity contribution in [3.05, 3.63) is 94.0 Å². The number of amides is 3. The highest BCUT2D eigenvalue weighted by Gasteiger charge is 2.36. The minimum atomic E-state index is -0.417. The van der Waals surface area contributed by atoms with Gasteiger partial charge in [-0.3, -0.25) is 19.3 Å². The first-order chi connectivity index (χ1) is 19.4. The normalized spacial score (nSPS) is 15.2. The third-order valence-electron chi connectivity index (χ3n) is 6.85. The molecule has 6 rings (SSSR count). The van der Waals surface area contributed by atoms with Crippen LogP contribution >= 0.6 is 11.8 Å². The van der Waals surface area contributed by atoms with E-state index in [2.05, 4.69) is 11.4 Å². The van der Waals surface area contributed by atoms with Gasteiger partial charge in [-0.2, -0.15) is 5.26 Å². The first-order valence-corrected chi connectivity index (χ1v) is 13.3. The highest BCUT2D eigenvalue weighted by Crippen LogP contribution is 2.37. The summed E-state index contributed by atoms with van der Waals surface area (Å²) in [6.45, 7) is 2.09. The summed E-state index contributed by atoms with van der Waals surface area (Å²) in [6.07, 6.45) is 1.71. The van der Waals surface area contributed by atoms with Crippen molar-refractivity contribution in [2.24, 2.45) is 0 Å². The van der Waals surface area contributed by atoms with Crippen LogP contribution < -0.4 is 14.8 Å². The predicted molar refractivity (Wildman–Crippen MR) is 151 cm³/mol. The lowest BCUT2D eigenvalue weighted by Gasteiger charge is -2.13. The van der Waals surface area contributed by atoms with Crippen molar-refractivity contribution in [2.45, 2.75) is 20.0 Å². The van der Waals surface area contributed by atoms with Crippen molar-refractivity contribution < 1.29 is 23.9 Å². The molecule has 0 saturated carbocycles. The number of aromatic nitrogens is 1. The number of nitrogens with one attached hydrogen (secondary N) is 1. The van der Waals surface area contributed by atoms with E-state index < -0.39 is 11.1 Å². The third kappa shape index (κ3) is 4.57. The molecule has 3 amide bonds. The summed E-state index contributed by atoms with van der Waals surface area (Å²) in [7, 11) is 0. The van der Waals surface area contributed by atoms with Gasteiger partial charge in [0.1, 0.15) is 6.54 Å². The lowest BCUT2D eigenvalue weighted by atomic mass is 10.1. The quantitative estimate of drug-likeness (QED) is 0.319. The molecule has 0 aliphatic carbocycles. The fourth-order valence-electron chi connectivity index (χ4n) is 4.87. The highest BCUT2D eigenvalue weighted by molar-refractivity contribution is 8.18. The molecular formula is C30H22N4O5S. The Morgan fingerprint density at radius 1 is 1.07 bits per heavy atom. The van der Waals surface area contributed by atoms with Crippen LogP contribution in [-0.4, -0.2) is 33.3 Å². The summed E-state index contributed by atoms with van der Waals surface area (Å²) < 4.78 is 12.6. The summed E-state index contributed by atoms with van der Waals surface area (Å²) >= 11 is 0.866. The van der Waals surface area contributed by atoms with Crippen LogP contribution in [0.2, 0.25) is 0 Å². The molecule has 1 aromatic heterocycles. The van der Waals surface area contributed by atoms with E-state index in [1.807, 2.05) is 35.8 Å². The number of benzene rings is 3. The van der Waals surface area contributed by atoms with Gasteiger partial charge in [0.15, 0.2) is 11.5 Å². The van der Waals surface area contributed by atoms with Gasteiger partial charge in [-0.05, 0) is 54.6 Å². The van der Waals surface area contributed by atoms with Crippen molar-refractivity contribution in [2.75, 3.05) is 12.1 Å². The zero-order valence-corrected chi connectivity index (χ0v) is 22.2. The van der Waals surface area contributed by atoms with Gasteiger partial charge in [0.05, 0.1) is 23.1 Å². The zero-order valence-electron chi connectivity index (χ0n) is 21.3. The second kappa shape index (κ2) is 10.3. The van der Waals surface area contributed by atoms with Gasteiger partial charge in [-0.25, -0.2) is 0 Å². The Morgan fingerprint density at radius 3 is 2.70 bits per heavy atom. The number of carbonyl (C=O) groups is 3. The Labute approximate surface area is 233 Å². The van der Waals surface area contributed by atoms with Crippen LogP contribution in [-0.2, 0) is 22.7 Å². The molecular weight excluding hydrogens is 528 g/mol. The number of carbonyl (C=O) groups excluding carboxylic acids is 3. The van der Waals surface area contributed by atoms with Gasteiger partial charge in [0.2, 0.25) is 12.7 Å². The Hall–Kier alpha value is -5.01. The number of nitriles is 1. The number of nitrogens with zero attached hydrogens (tertiary/aromatic N) is 3. The molecule has 0 bridgehead atoms. The molecule has 0 unspecified atom stereocenters. The maximum atomic E-state index is 13.3. The minimum Gasteiger partial charge on any atom is -0.454 e. The van der Waals surface area contributed by atoms with E-state index >= 15 is 0 Å². The number of hydrogen-bond donors (Lipinski definition) is 1. The van der Waals surface area contributed by atoms with E-state index in [9.17, 15) is 19.6 Å². The number of fused-ring (bicyclic) bond motifs is 2. The average molecular weight is 551 g/mol. The smallest absolute Gasteiger partial charge is 0.293 e. The molecule has 40 heavy (non-hydrogen) atoms. The molecule has 0 spiro atoms. The van der Waals surface area contributed by atoms with Crippen molar-refractivity contribution in [3.63, 3.8) is 0 Å². The van der Waals surface area contributed by atoms with Crippen LogP contribution in [0.1, 0.15) is 22.4 Å². The summed E-state index contributed by atoms with van der Waals surface area (Å²) in [5, 5.41) is 12.8. The van der Waals surface area contributed by atoms with Crippen LogP contribution in [0, 0.1) is 18.3 Å². The molecule has 3 heterocycles. The van der Waals surface area contributed by atoms with Crippen LogP contribution in [0.5, 0.6) is 11.5 Å². The Morgan fingerprint density at radius 2 is 1.85 bits per heavy atom. The van der Waals surface area contributed by atoms with Gasteiger partial charge in [0, 0.05) is 33.9 Å². The van der Waals surface area contributed by atoms with Crippen molar-refractivity contribution in [3.8, 4) is 17.6 Å². The molecule has 10 heteroatoms. The van der Waals surface area contributed by atoms with E-state index in [1.165, 1.54) is 0 Å². The molecule has 9 nitrogen and oxygen atoms in total. The van der Waals surface area contributed by atoms with E-state index in [4.69, 9.17) is 9.47 Å². The summed E-state index contributed by atoms with van der Waals surface area (Å²) in [5.41, 5.74) is 3.99. The van der Waals surface area contributed by atoms with Crippen LogP contribution in [0.15, 0.2) is 71.6 Å². The van der Waals surface area contributed by atoms with Crippen molar-refractivity contribution in [1.82, 2.24) is 9.47 Å². The summed E-state index contributed by atoms with van der Waals surface area (Å²) in [6, 6.07) is 21.8. The lowest BCUT2D eigenvalue weighted by molar-refractivity contribution is -0.123. The largest absolute Gasteiger partial charge is 0.454 e. The minimum absolute atomic E-state index is 0.0203. The molecule has 4 aromatic rings.